The van der Waals surface area contributed by atoms with Gasteiger partial charge in [-0.3, -0.25) is 0 Å². The van der Waals surface area contributed by atoms with Crippen molar-refractivity contribution < 1.29 is 4.74 Å². The molecule has 0 aliphatic heterocycles. The summed E-state index contributed by atoms with van der Waals surface area (Å²) in [5.74, 6) is 0.861. The number of aryl methyl sites for hydroxylation is 1. The van der Waals surface area contributed by atoms with Crippen molar-refractivity contribution in [1.29, 1.82) is 0 Å². The monoisotopic (exact) mass is 305 g/mol. The maximum atomic E-state index is 5.24. The molecule has 0 aliphatic carbocycles. The van der Waals surface area contributed by atoms with Crippen LogP contribution in [0.15, 0.2) is 12.1 Å². The molecule has 1 heterocycles. The molecule has 0 spiro atoms. The van der Waals surface area contributed by atoms with Gasteiger partial charge in [0.05, 0.1) is 11.8 Å². The molecule has 4 heteroatoms. The van der Waals surface area contributed by atoms with Gasteiger partial charge in [0, 0.05) is 0 Å². The predicted octanol–water partition coefficient (Wildman–Crippen LogP) is 3.22. The van der Waals surface area contributed by atoms with Crippen molar-refractivity contribution >= 4 is 44.1 Å². The SMILES string of the molecule is COc1ccc(C)c2sc(I)nc12. The molecule has 0 aliphatic rings. The summed E-state index contributed by atoms with van der Waals surface area (Å²) >= 11 is 3.94. The van der Waals surface area contributed by atoms with Gasteiger partial charge < -0.3 is 4.74 Å². The second-order valence-corrected chi connectivity index (χ2v) is 5.48. The molecule has 2 rings (SSSR count). The van der Waals surface area contributed by atoms with Crippen molar-refractivity contribution in [3.63, 3.8) is 0 Å². The molecule has 0 radical (unpaired) electrons. The molecule has 2 nitrogen and oxygen atoms in total. The van der Waals surface area contributed by atoms with Crippen LogP contribution in [0.4, 0.5) is 0 Å². The number of hydrogen-bond acceptors (Lipinski definition) is 3. The minimum atomic E-state index is 0.861. The molecule has 2 aromatic rings. The molecular weight excluding hydrogens is 297 g/mol. The van der Waals surface area contributed by atoms with Crippen LogP contribution in [0, 0.1) is 9.94 Å². The molecule has 0 N–H and O–H groups in total. The first-order chi connectivity index (χ1) is 6.22. The summed E-state index contributed by atoms with van der Waals surface area (Å²) < 4.78 is 7.52. The van der Waals surface area contributed by atoms with E-state index >= 15 is 0 Å². The van der Waals surface area contributed by atoms with Crippen molar-refractivity contribution in [2.75, 3.05) is 7.11 Å². The van der Waals surface area contributed by atoms with E-state index in [-0.39, 0.29) is 0 Å². The van der Waals surface area contributed by atoms with Gasteiger partial charge in [-0.1, -0.05) is 6.07 Å². The molecule has 13 heavy (non-hydrogen) atoms. The molecule has 68 valence electrons. The van der Waals surface area contributed by atoms with Gasteiger partial charge in [0.2, 0.25) is 0 Å². The van der Waals surface area contributed by atoms with Crippen LogP contribution in [0.25, 0.3) is 10.2 Å². The Morgan fingerprint density at radius 2 is 2.23 bits per heavy atom. The quantitative estimate of drug-likeness (QED) is 0.755. The lowest BCUT2D eigenvalue weighted by Gasteiger charge is -2.01. The number of thiazole rings is 1. The van der Waals surface area contributed by atoms with Crippen LogP contribution in [-0.4, -0.2) is 12.1 Å². The first kappa shape index (κ1) is 9.21. The Hall–Kier alpha value is -0.360. The first-order valence-corrected chi connectivity index (χ1v) is 5.71. The van der Waals surface area contributed by atoms with E-state index < -0.39 is 0 Å². The lowest BCUT2D eigenvalue weighted by Crippen LogP contribution is -1.85. The predicted molar refractivity (Wildman–Crippen MR) is 63.6 cm³/mol. The second kappa shape index (κ2) is 3.42. The molecule has 1 aromatic heterocycles. The highest BCUT2D eigenvalue weighted by molar-refractivity contribution is 14.1. The summed E-state index contributed by atoms with van der Waals surface area (Å²) in [4.78, 5) is 4.42. The van der Waals surface area contributed by atoms with Gasteiger partial charge in [0.1, 0.15) is 11.3 Å². The number of nitrogens with zero attached hydrogens (tertiary/aromatic N) is 1. The van der Waals surface area contributed by atoms with Crippen molar-refractivity contribution in [2.45, 2.75) is 6.92 Å². The number of rotatable bonds is 1. The number of fused-ring (bicyclic) bond motifs is 1. The van der Waals surface area contributed by atoms with Gasteiger partial charge in [-0.25, -0.2) is 4.98 Å². The topological polar surface area (TPSA) is 22.1 Å². The number of ether oxygens (including phenoxy) is 1. The molecule has 0 saturated heterocycles. The zero-order chi connectivity index (χ0) is 9.42. The summed E-state index contributed by atoms with van der Waals surface area (Å²) in [6.45, 7) is 2.09. The normalized spacial score (nSPS) is 10.7. The Bertz CT molecular complexity index is 452. The zero-order valence-electron chi connectivity index (χ0n) is 7.30. The number of benzene rings is 1. The number of methoxy groups -OCH3 is 1. The third-order valence-corrected chi connectivity index (χ3v) is 3.78. The van der Waals surface area contributed by atoms with Crippen LogP contribution in [0.3, 0.4) is 0 Å². The Labute approximate surface area is 94.1 Å². The minimum Gasteiger partial charge on any atom is -0.494 e. The zero-order valence-corrected chi connectivity index (χ0v) is 10.3. The highest BCUT2D eigenvalue weighted by Gasteiger charge is 2.08. The van der Waals surface area contributed by atoms with Crippen LogP contribution < -0.4 is 4.74 Å². The molecule has 0 atom stereocenters. The van der Waals surface area contributed by atoms with Crippen LogP contribution >= 0.6 is 33.9 Å². The van der Waals surface area contributed by atoms with Crippen molar-refractivity contribution in [3.05, 3.63) is 20.7 Å². The van der Waals surface area contributed by atoms with Crippen LogP contribution in [-0.2, 0) is 0 Å². The van der Waals surface area contributed by atoms with Gasteiger partial charge in [-0.05, 0) is 41.1 Å². The van der Waals surface area contributed by atoms with Gasteiger partial charge in [-0.15, -0.1) is 11.3 Å². The number of halogens is 1. The highest BCUT2D eigenvalue weighted by atomic mass is 127. The van der Waals surface area contributed by atoms with E-state index in [9.17, 15) is 0 Å². The van der Waals surface area contributed by atoms with Crippen LogP contribution in [0.1, 0.15) is 5.56 Å². The lowest BCUT2D eigenvalue weighted by molar-refractivity contribution is 0.419. The minimum absolute atomic E-state index is 0.861. The summed E-state index contributed by atoms with van der Waals surface area (Å²) in [6.07, 6.45) is 0. The fourth-order valence-electron chi connectivity index (χ4n) is 1.25. The van der Waals surface area contributed by atoms with Gasteiger partial charge >= 0.3 is 0 Å². The van der Waals surface area contributed by atoms with E-state index in [1.165, 1.54) is 10.3 Å². The second-order valence-electron chi connectivity index (χ2n) is 2.73. The van der Waals surface area contributed by atoms with Crippen LogP contribution in [0.2, 0.25) is 0 Å². The molecule has 1 aromatic carbocycles. The van der Waals surface area contributed by atoms with E-state index in [4.69, 9.17) is 4.74 Å². The molecule has 0 fully saturated rings. The van der Waals surface area contributed by atoms with E-state index in [0.29, 0.717) is 0 Å². The van der Waals surface area contributed by atoms with Crippen molar-refractivity contribution in [3.8, 4) is 5.75 Å². The standard InChI is InChI=1S/C9H8INOS/c1-5-3-4-6(12-2)7-8(5)13-9(10)11-7/h3-4H,1-2H3. The fourth-order valence-corrected chi connectivity index (χ4v) is 2.93. The Morgan fingerprint density at radius 3 is 2.92 bits per heavy atom. The van der Waals surface area contributed by atoms with Gasteiger partial charge in [-0.2, -0.15) is 0 Å². The highest BCUT2D eigenvalue weighted by Crippen LogP contribution is 2.32. The average molecular weight is 305 g/mol. The van der Waals surface area contributed by atoms with Gasteiger partial charge in [0.15, 0.2) is 3.01 Å². The summed E-state index contributed by atoms with van der Waals surface area (Å²) in [5, 5.41) is 0. The summed E-state index contributed by atoms with van der Waals surface area (Å²) in [5.41, 5.74) is 2.24. The lowest BCUT2D eigenvalue weighted by atomic mass is 10.2. The Kier molecular flexibility index (Phi) is 2.42. The summed E-state index contributed by atoms with van der Waals surface area (Å²) in [6, 6.07) is 4.03. The number of hydrogen-bond donors (Lipinski definition) is 0. The smallest absolute Gasteiger partial charge is 0.155 e. The largest absolute Gasteiger partial charge is 0.494 e. The summed E-state index contributed by atoms with van der Waals surface area (Å²) in [7, 11) is 1.68. The molecule has 0 saturated carbocycles. The van der Waals surface area contributed by atoms with E-state index in [1.54, 1.807) is 18.4 Å². The maximum Gasteiger partial charge on any atom is 0.155 e. The maximum absolute atomic E-state index is 5.24. The first-order valence-electron chi connectivity index (χ1n) is 3.82. The molecule has 0 bridgehead atoms. The Balaban J connectivity index is 2.83. The van der Waals surface area contributed by atoms with Crippen molar-refractivity contribution in [1.82, 2.24) is 4.98 Å². The molecule has 0 amide bonds. The molecular formula is C9H8INOS. The Morgan fingerprint density at radius 1 is 1.46 bits per heavy atom. The number of aromatic nitrogens is 1. The van der Waals surface area contributed by atoms with Crippen LogP contribution in [0.5, 0.6) is 5.75 Å². The van der Waals surface area contributed by atoms with E-state index in [2.05, 4.69) is 40.6 Å². The third kappa shape index (κ3) is 1.52. The average Bonchev–Trinajstić information content (AvgIpc) is 2.48. The molecule has 0 unspecified atom stereocenters. The fraction of sp³-hybridized carbons (Fsp3) is 0.222. The van der Waals surface area contributed by atoms with Gasteiger partial charge in [0.25, 0.3) is 0 Å². The third-order valence-electron chi connectivity index (χ3n) is 1.90. The van der Waals surface area contributed by atoms with E-state index in [1.807, 2.05) is 6.07 Å². The van der Waals surface area contributed by atoms with E-state index in [0.717, 1.165) is 14.3 Å². The van der Waals surface area contributed by atoms with Crippen molar-refractivity contribution in [2.24, 2.45) is 0 Å².